The van der Waals surface area contributed by atoms with Crippen molar-refractivity contribution in [2.24, 2.45) is 0 Å². The van der Waals surface area contributed by atoms with Gasteiger partial charge in [-0.3, -0.25) is 9.88 Å². The van der Waals surface area contributed by atoms with Gasteiger partial charge in [0.2, 0.25) is 0 Å². The number of carbonyl (C=O) groups is 1. The summed E-state index contributed by atoms with van der Waals surface area (Å²) in [5, 5.41) is 2.73. The van der Waals surface area contributed by atoms with Crippen LogP contribution >= 0.6 is 15.9 Å². The summed E-state index contributed by atoms with van der Waals surface area (Å²) in [4.78, 5) is 16.9. The highest BCUT2D eigenvalue weighted by Crippen LogP contribution is 2.19. The fraction of sp³-hybridized carbons (Fsp3) is 0.250. The lowest BCUT2D eigenvalue weighted by Gasteiger charge is -2.13. The molecule has 0 spiro atoms. The molecule has 0 radical (unpaired) electrons. The number of hydrogen-bond donors (Lipinski definition) is 1. The lowest BCUT2D eigenvalue weighted by atomic mass is 10.4. The van der Waals surface area contributed by atoms with Crippen LogP contribution in [0.1, 0.15) is 0 Å². The minimum atomic E-state index is -0.0556. The standard InChI is InChI=1S/C8H8BrN3O/c9-6-3-7(5-10-4-6)12-2-1-11-8(12)13/h3-5H,1-2H2,(H,11,13). The van der Waals surface area contributed by atoms with Crippen LogP contribution in [-0.4, -0.2) is 24.1 Å². The molecule has 1 saturated heterocycles. The number of nitrogens with one attached hydrogen (secondary N) is 1. The third kappa shape index (κ3) is 1.65. The Bertz CT molecular complexity index is 342. The zero-order valence-corrected chi connectivity index (χ0v) is 8.41. The van der Waals surface area contributed by atoms with Gasteiger partial charge in [0.05, 0.1) is 11.9 Å². The van der Waals surface area contributed by atoms with Gasteiger partial charge in [0.15, 0.2) is 0 Å². The van der Waals surface area contributed by atoms with Crippen molar-refractivity contribution < 1.29 is 4.79 Å². The highest BCUT2D eigenvalue weighted by molar-refractivity contribution is 9.10. The van der Waals surface area contributed by atoms with Gasteiger partial charge in [-0.15, -0.1) is 0 Å². The first-order valence-corrected chi connectivity index (χ1v) is 4.72. The average Bonchev–Trinajstić information content (AvgIpc) is 2.51. The van der Waals surface area contributed by atoms with Crippen molar-refractivity contribution in [3.63, 3.8) is 0 Å². The molecule has 1 N–H and O–H groups in total. The summed E-state index contributed by atoms with van der Waals surface area (Å²) in [6.45, 7) is 1.41. The van der Waals surface area contributed by atoms with Crippen LogP contribution in [0.3, 0.4) is 0 Å². The van der Waals surface area contributed by atoms with Crippen molar-refractivity contribution >= 4 is 27.6 Å². The molecular formula is C8H8BrN3O. The third-order valence-corrected chi connectivity index (χ3v) is 2.29. The molecule has 0 bridgehead atoms. The van der Waals surface area contributed by atoms with Crippen molar-refractivity contribution in [1.29, 1.82) is 0 Å². The second-order valence-corrected chi connectivity index (χ2v) is 3.66. The second kappa shape index (κ2) is 3.33. The lowest BCUT2D eigenvalue weighted by molar-refractivity contribution is 0.252. The Morgan fingerprint density at radius 2 is 2.38 bits per heavy atom. The topological polar surface area (TPSA) is 45.2 Å². The maximum atomic E-state index is 11.3. The molecule has 1 aliphatic rings. The van der Waals surface area contributed by atoms with E-state index in [0.717, 1.165) is 10.2 Å². The fourth-order valence-electron chi connectivity index (χ4n) is 1.27. The summed E-state index contributed by atoms with van der Waals surface area (Å²) in [6, 6.07) is 1.82. The molecule has 2 heterocycles. The van der Waals surface area contributed by atoms with Gasteiger partial charge in [0.25, 0.3) is 0 Å². The largest absolute Gasteiger partial charge is 0.336 e. The van der Waals surface area contributed by atoms with Crippen LogP contribution in [0.4, 0.5) is 10.5 Å². The van der Waals surface area contributed by atoms with E-state index in [0.29, 0.717) is 13.1 Å². The average molecular weight is 242 g/mol. The van der Waals surface area contributed by atoms with Gasteiger partial charge in [-0.1, -0.05) is 0 Å². The van der Waals surface area contributed by atoms with E-state index in [1.54, 1.807) is 17.3 Å². The molecule has 0 aromatic carbocycles. The summed E-state index contributed by atoms with van der Waals surface area (Å²) >= 11 is 3.31. The Kier molecular flexibility index (Phi) is 2.18. The number of carbonyl (C=O) groups excluding carboxylic acids is 1. The molecule has 1 fully saturated rings. The van der Waals surface area contributed by atoms with E-state index >= 15 is 0 Å². The van der Waals surface area contributed by atoms with Crippen LogP contribution in [0.25, 0.3) is 0 Å². The molecule has 0 unspecified atom stereocenters. The monoisotopic (exact) mass is 241 g/mol. The van der Waals surface area contributed by atoms with E-state index in [1.807, 2.05) is 6.07 Å². The first-order valence-electron chi connectivity index (χ1n) is 3.93. The molecule has 2 amide bonds. The molecule has 2 rings (SSSR count). The van der Waals surface area contributed by atoms with E-state index in [4.69, 9.17) is 0 Å². The number of rotatable bonds is 1. The normalized spacial score (nSPS) is 16.1. The van der Waals surface area contributed by atoms with Crippen LogP contribution < -0.4 is 10.2 Å². The number of halogens is 1. The zero-order chi connectivity index (χ0) is 9.26. The number of nitrogens with zero attached hydrogens (tertiary/aromatic N) is 2. The van der Waals surface area contributed by atoms with Crippen molar-refractivity contribution in [3.8, 4) is 0 Å². The summed E-state index contributed by atoms with van der Waals surface area (Å²) in [5.74, 6) is 0. The Balaban J connectivity index is 2.29. The minimum absolute atomic E-state index is 0.0556. The van der Waals surface area contributed by atoms with Gasteiger partial charge < -0.3 is 5.32 Å². The van der Waals surface area contributed by atoms with Gasteiger partial charge in [0, 0.05) is 23.8 Å². The fourth-order valence-corrected chi connectivity index (χ4v) is 1.62. The highest BCUT2D eigenvalue weighted by atomic mass is 79.9. The van der Waals surface area contributed by atoms with Crippen LogP contribution in [0, 0.1) is 0 Å². The van der Waals surface area contributed by atoms with Crippen LogP contribution in [0.5, 0.6) is 0 Å². The molecule has 68 valence electrons. The predicted molar refractivity (Wildman–Crippen MR) is 52.7 cm³/mol. The first-order chi connectivity index (χ1) is 6.27. The summed E-state index contributed by atoms with van der Waals surface area (Å²) in [6.07, 6.45) is 3.37. The number of anilines is 1. The molecule has 1 aromatic heterocycles. The minimum Gasteiger partial charge on any atom is -0.336 e. The van der Waals surface area contributed by atoms with Gasteiger partial charge in [-0.05, 0) is 22.0 Å². The zero-order valence-electron chi connectivity index (χ0n) is 6.83. The van der Waals surface area contributed by atoms with Gasteiger partial charge >= 0.3 is 6.03 Å². The Hall–Kier alpha value is -1.10. The van der Waals surface area contributed by atoms with Crippen LogP contribution in [0.2, 0.25) is 0 Å². The van der Waals surface area contributed by atoms with E-state index in [1.165, 1.54) is 0 Å². The number of urea groups is 1. The van der Waals surface area contributed by atoms with Crippen molar-refractivity contribution in [2.75, 3.05) is 18.0 Å². The number of pyridine rings is 1. The molecule has 1 aliphatic heterocycles. The Morgan fingerprint density at radius 3 is 3.00 bits per heavy atom. The first kappa shape index (κ1) is 8.50. The van der Waals surface area contributed by atoms with E-state index < -0.39 is 0 Å². The SMILES string of the molecule is O=C1NCCN1c1cncc(Br)c1. The van der Waals surface area contributed by atoms with Gasteiger partial charge in [0.1, 0.15) is 0 Å². The van der Waals surface area contributed by atoms with Crippen molar-refractivity contribution in [2.45, 2.75) is 0 Å². The molecule has 5 heteroatoms. The maximum Gasteiger partial charge on any atom is 0.322 e. The molecular weight excluding hydrogens is 234 g/mol. The number of amides is 2. The van der Waals surface area contributed by atoms with E-state index in [9.17, 15) is 4.79 Å². The van der Waals surface area contributed by atoms with Crippen LogP contribution in [-0.2, 0) is 0 Å². The smallest absolute Gasteiger partial charge is 0.322 e. The second-order valence-electron chi connectivity index (χ2n) is 2.74. The predicted octanol–water partition coefficient (Wildman–Crippen LogP) is 1.37. The quantitative estimate of drug-likeness (QED) is 0.808. The summed E-state index contributed by atoms with van der Waals surface area (Å²) in [5.41, 5.74) is 0.823. The number of hydrogen-bond acceptors (Lipinski definition) is 2. The Morgan fingerprint density at radius 1 is 1.54 bits per heavy atom. The molecule has 13 heavy (non-hydrogen) atoms. The molecule has 0 saturated carbocycles. The third-order valence-electron chi connectivity index (χ3n) is 1.86. The summed E-state index contributed by atoms with van der Waals surface area (Å²) < 4.78 is 0.879. The lowest BCUT2D eigenvalue weighted by Crippen LogP contribution is -2.27. The van der Waals surface area contributed by atoms with Gasteiger partial charge in [-0.2, -0.15) is 0 Å². The summed E-state index contributed by atoms with van der Waals surface area (Å²) in [7, 11) is 0. The van der Waals surface area contributed by atoms with Crippen molar-refractivity contribution in [1.82, 2.24) is 10.3 Å². The van der Waals surface area contributed by atoms with Crippen molar-refractivity contribution in [3.05, 3.63) is 22.9 Å². The molecule has 0 aliphatic carbocycles. The number of aromatic nitrogens is 1. The van der Waals surface area contributed by atoms with E-state index in [2.05, 4.69) is 26.2 Å². The van der Waals surface area contributed by atoms with Gasteiger partial charge in [-0.25, -0.2) is 4.79 Å². The molecule has 4 nitrogen and oxygen atoms in total. The maximum absolute atomic E-state index is 11.3. The van der Waals surface area contributed by atoms with E-state index in [-0.39, 0.29) is 6.03 Å². The van der Waals surface area contributed by atoms with Crippen LogP contribution in [0.15, 0.2) is 22.9 Å². The molecule has 1 aromatic rings. The Labute approximate surface area is 84.1 Å². The highest BCUT2D eigenvalue weighted by Gasteiger charge is 2.21. The molecule has 0 atom stereocenters.